The fraction of sp³-hybridized carbons (Fsp3) is 0.350. The summed E-state index contributed by atoms with van der Waals surface area (Å²) in [5, 5.41) is 3.92. The highest BCUT2D eigenvalue weighted by atomic mass is 32.1. The van der Waals surface area contributed by atoms with Crippen LogP contribution in [0.5, 0.6) is 0 Å². The molecule has 3 aromatic rings. The molecule has 27 heavy (non-hydrogen) atoms. The van der Waals surface area contributed by atoms with Crippen LogP contribution >= 0.6 is 11.3 Å². The van der Waals surface area contributed by atoms with E-state index in [4.69, 9.17) is 0 Å². The van der Waals surface area contributed by atoms with Gasteiger partial charge in [0.15, 0.2) is 0 Å². The summed E-state index contributed by atoms with van der Waals surface area (Å²) >= 11 is 1.44. The lowest BCUT2D eigenvalue weighted by Gasteiger charge is -2.36. The van der Waals surface area contributed by atoms with Crippen LogP contribution < -0.4 is 10.2 Å². The molecular weight excluding hydrogens is 358 g/mol. The molecule has 0 spiro atoms. The van der Waals surface area contributed by atoms with Crippen LogP contribution in [0.1, 0.15) is 22.5 Å². The summed E-state index contributed by atoms with van der Waals surface area (Å²) in [5.74, 6) is 0.436. The van der Waals surface area contributed by atoms with E-state index in [0.29, 0.717) is 16.7 Å². The Morgan fingerprint density at radius 1 is 1.22 bits per heavy atom. The molecule has 1 aliphatic heterocycles. The van der Waals surface area contributed by atoms with Crippen molar-refractivity contribution in [1.29, 1.82) is 0 Å². The monoisotopic (exact) mass is 381 g/mol. The first-order valence-electron chi connectivity index (χ1n) is 9.12. The molecule has 0 aromatic carbocycles. The van der Waals surface area contributed by atoms with Crippen molar-refractivity contribution >= 4 is 38.8 Å². The SMILES string of the molecule is CN(C)C1CCN(c2ccc(NC(=O)c3cc4ccncc4s3)nc2)CC1. The molecule has 1 N–H and O–H groups in total. The molecule has 140 valence electrons. The maximum absolute atomic E-state index is 12.5. The Labute approximate surface area is 162 Å². The lowest BCUT2D eigenvalue weighted by atomic mass is 10.0. The van der Waals surface area contributed by atoms with E-state index in [-0.39, 0.29) is 5.91 Å². The summed E-state index contributed by atoms with van der Waals surface area (Å²) in [6.07, 6.45) is 7.68. The minimum atomic E-state index is -0.136. The highest BCUT2D eigenvalue weighted by molar-refractivity contribution is 7.20. The zero-order chi connectivity index (χ0) is 18.8. The third-order valence-electron chi connectivity index (χ3n) is 5.10. The van der Waals surface area contributed by atoms with E-state index in [9.17, 15) is 4.79 Å². The van der Waals surface area contributed by atoms with Gasteiger partial charge in [-0.3, -0.25) is 9.78 Å². The van der Waals surface area contributed by atoms with Crippen LogP contribution in [0.15, 0.2) is 42.9 Å². The van der Waals surface area contributed by atoms with Gasteiger partial charge in [0.05, 0.1) is 21.5 Å². The van der Waals surface area contributed by atoms with Gasteiger partial charge in [-0.15, -0.1) is 11.3 Å². The van der Waals surface area contributed by atoms with Gasteiger partial charge in [-0.05, 0) is 56.6 Å². The van der Waals surface area contributed by atoms with Crippen molar-refractivity contribution in [3.8, 4) is 0 Å². The zero-order valence-corrected chi connectivity index (χ0v) is 16.4. The zero-order valence-electron chi connectivity index (χ0n) is 15.6. The molecule has 1 amide bonds. The maximum atomic E-state index is 12.5. The number of hydrogen-bond acceptors (Lipinski definition) is 6. The number of aromatic nitrogens is 2. The number of piperidine rings is 1. The van der Waals surface area contributed by atoms with Crippen LogP contribution in [0.25, 0.3) is 10.1 Å². The van der Waals surface area contributed by atoms with Gasteiger partial charge >= 0.3 is 0 Å². The van der Waals surface area contributed by atoms with Crippen molar-refractivity contribution in [2.24, 2.45) is 0 Å². The summed E-state index contributed by atoms with van der Waals surface area (Å²) in [6.45, 7) is 2.07. The van der Waals surface area contributed by atoms with Gasteiger partial charge in [-0.2, -0.15) is 0 Å². The smallest absolute Gasteiger partial charge is 0.266 e. The first kappa shape index (κ1) is 17.9. The summed E-state index contributed by atoms with van der Waals surface area (Å²) in [4.78, 5) is 26.4. The number of hydrogen-bond donors (Lipinski definition) is 1. The minimum Gasteiger partial charge on any atom is -0.370 e. The van der Waals surface area contributed by atoms with Crippen molar-refractivity contribution in [2.75, 3.05) is 37.4 Å². The van der Waals surface area contributed by atoms with Gasteiger partial charge in [0.25, 0.3) is 5.91 Å². The Morgan fingerprint density at radius 2 is 2.04 bits per heavy atom. The second kappa shape index (κ2) is 7.62. The first-order valence-corrected chi connectivity index (χ1v) is 9.94. The van der Waals surface area contributed by atoms with Crippen LogP contribution in [-0.2, 0) is 0 Å². The van der Waals surface area contributed by atoms with E-state index < -0.39 is 0 Å². The standard InChI is InChI=1S/C20H23N5OS/c1-24(2)15-6-9-25(10-7-15)16-3-4-19(22-12-16)23-20(26)17-11-14-5-8-21-13-18(14)27-17/h3-5,8,11-13,15H,6-7,9-10H2,1-2H3,(H,22,23,26). The van der Waals surface area contributed by atoms with Crippen molar-refractivity contribution in [3.63, 3.8) is 0 Å². The van der Waals surface area contributed by atoms with Crippen molar-refractivity contribution in [2.45, 2.75) is 18.9 Å². The Balaban J connectivity index is 1.40. The highest BCUT2D eigenvalue weighted by Gasteiger charge is 2.21. The Bertz CT molecular complexity index is 896. The number of amides is 1. The topological polar surface area (TPSA) is 61.4 Å². The number of thiophene rings is 1. The van der Waals surface area contributed by atoms with Gasteiger partial charge in [0.1, 0.15) is 5.82 Å². The van der Waals surface area contributed by atoms with Gasteiger partial charge in [-0.1, -0.05) is 0 Å². The van der Waals surface area contributed by atoms with Gasteiger partial charge in [0.2, 0.25) is 0 Å². The average molecular weight is 382 g/mol. The van der Waals surface area contributed by atoms with E-state index in [1.807, 2.05) is 30.5 Å². The molecule has 4 heterocycles. The lowest BCUT2D eigenvalue weighted by molar-refractivity contribution is 0.103. The van der Waals surface area contributed by atoms with E-state index in [2.05, 4.69) is 39.2 Å². The van der Waals surface area contributed by atoms with Crippen LogP contribution in [0, 0.1) is 0 Å². The van der Waals surface area contributed by atoms with Crippen LogP contribution in [0.2, 0.25) is 0 Å². The largest absolute Gasteiger partial charge is 0.370 e. The lowest BCUT2D eigenvalue weighted by Crippen LogP contribution is -2.42. The molecule has 1 fully saturated rings. The van der Waals surface area contributed by atoms with Crippen molar-refractivity contribution < 1.29 is 4.79 Å². The fourth-order valence-electron chi connectivity index (χ4n) is 3.46. The molecule has 0 unspecified atom stereocenters. The molecule has 1 saturated heterocycles. The van der Waals surface area contributed by atoms with E-state index in [1.54, 1.807) is 12.4 Å². The molecule has 3 aromatic heterocycles. The molecule has 6 nitrogen and oxygen atoms in total. The highest BCUT2D eigenvalue weighted by Crippen LogP contribution is 2.26. The van der Waals surface area contributed by atoms with Crippen LogP contribution in [0.3, 0.4) is 0 Å². The number of anilines is 2. The van der Waals surface area contributed by atoms with Gasteiger partial charge in [-0.25, -0.2) is 4.98 Å². The summed E-state index contributed by atoms with van der Waals surface area (Å²) < 4.78 is 1.01. The Hall–Kier alpha value is -2.51. The van der Waals surface area contributed by atoms with Crippen molar-refractivity contribution in [1.82, 2.24) is 14.9 Å². The van der Waals surface area contributed by atoms with Crippen LogP contribution in [0.4, 0.5) is 11.5 Å². The fourth-order valence-corrected chi connectivity index (χ4v) is 4.39. The number of nitrogens with zero attached hydrogens (tertiary/aromatic N) is 4. The third kappa shape index (κ3) is 3.94. The number of pyridine rings is 2. The normalized spacial score (nSPS) is 15.4. The molecule has 7 heteroatoms. The second-order valence-corrected chi connectivity index (χ2v) is 8.15. The number of carbonyl (C=O) groups excluding carboxylic acids is 1. The number of rotatable bonds is 4. The van der Waals surface area contributed by atoms with Crippen molar-refractivity contribution in [3.05, 3.63) is 47.7 Å². The van der Waals surface area contributed by atoms with E-state index >= 15 is 0 Å². The number of nitrogens with one attached hydrogen (secondary N) is 1. The van der Waals surface area contributed by atoms with E-state index in [0.717, 1.165) is 41.7 Å². The Morgan fingerprint density at radius 3 is 2.70 bits per heavy atom. The molecule has 1 aliphatic rings. The van der Waals surface area contributed by atoms with Gasteiger partial charge < -0.3 is 15.1 Å². The molecule has 0 radical (unpaired) electrons. The van der Waals surface area contributed by atoms with Gasteiger partial charge in [0, 0.05) is 31.5 Å². The molecular formula is C20H23N5OS. The molecule has 0 aliphatic carbocycles. The average Bonchev–Trinajstić information content (AvgIpc) is 3.13. The predicted octanol–water partition coefficient (Wildman–Crippen LogP) is 3.47. The minimum absolute atomic E-state index is 0.136. The Kier molecular flexibility index (Phi) is 5.05. The summed E-state index contributed by atoms with van der Waals surface area (Å²) in [5.41, 5.74) is 1.11. The number of fused-ring (bicyclic) bond motifs is 1. The van der Waals surface area contributed by atoms with Crippen LogP contribution in [-0.4, -0.2) is 54.0 Å². The van der Waals surface area contributed by atoms with E-state index in [1.165, 1.54) is 11.3 Å². The predicted molar refractivity (Wildman–Crippen MR) is 111 cm³/mol. The summed E-state index contributed by atoms with van der Waals surface area (Å²) in [7, 11) is 4.29. The number of carbonyl (C=O) groups is 1. The first-order chi connectivity index (χ1) is 13.1. The molecule has 0 atom stereocenters. The second-order valence-electron chi connectivity index (χ2n) is 7.06. The maximum Gasteiger partial charge on any atom is 0.266 e. The quantitative estimate of drug-likeness (QED) is 0.750. The third-order valence-corrected chi connectivity index (χ3v) is 6.18. The molecule has 0 saturated carbocycles. The molecule has 0 bridgehead atoms. The molecule has 4 rings (SSSR count). The summed E-state index contributed by atoms with van der Waals surface area (Å²) in [6, 6.07) is 8.37.